The highest BCUT2D eigenvalue weighted by molar-refractivity contribution is 6.00. The molecular formula is C18H20N2O. The number of nitrogens with zero attached hydrogens (tertiary/aromatic N) is 1. The van der Waals surface area contributed by atoms with E-state index in [1.54, 1.807) is 0 Å². The molecule has 0 fully saturated rings. The maximum absolute atomic E-state index is 12.6. The minimum atomic E-state index is -0.237. The van der Waals surface area contributed by atoms with Crippen LogP contribution in [0.5, 0.6) is 0 Å². The Hall–Kier alpha value is -2.29. The molecule has 0 aromatic heterocycles. The quantitative estimate of drug-likeness (QED) is 0.934. The first-order valence-corrected chi connectivity index (χ1v) is 7.37. The van der Waals surface area contributed by atoms with E-state index in [1.165, 1.54) is 11.1 Å². The van der Waals surface area contributed by atoms with Gasteiger partial charge in [-0.3, -0.25) is 4.79 Å². The molecule has 2 aromatic rings. The van der Waals surface area contributed by atoms with Crippen LogP contribution < -0.4 is 10.2 Å². The Balaban J connectivity index is 1.72. The van der Waals surface area contributed by atoms with E-state index in [2.05, 4.69) is 18.3 Å². The molecule has 0 saturated heterocycles. The molecule has 0 saturated carbocycles. The number of aryl methyl sites for hydroxylation is 1. The Kier molecular flexibility index (Phi) is 3.65. The topological polar surface area (TPSA) is 32.3 Å². The van der Waals surface area contributed by atoms with Crippen LogP contribution in [-0.2, 0) is 11.2 Å². The fourth-order valence-corrected chi connectivity index (χ4v) is 2.76. The summed E-state index contributed by atoms with van der Waals surface area (Å²) in [6.07, 6.45) is 0.944. The largest absolute Gasteiger partial charge is 0.374 e. The number of rotatable bonds is 3. The summed E-state index contributed by atoms with van der Waals surface area (Å²) >= 11 is 0. The van der Waals surface area contributed by atoms with E-state index in [-0.39, 0.29) is 11.9 Å². The predicted molar refractivity (Wildman–Crippen MR) is 86.8 cm³/mol. The number of nitrogens with one attached hydrogen (secondary N) is 1. The Bertz CT molecular complexity index is 649. The molecule has 0 aliphatic carbocycles. The number of fused-ring (bicyclic) bond motifs is 1. The summed E-state index contributed by atoms with van der Waals surface area (Å²) in [5.74, 6) is 0.125. The number of amides is 1. The predicted octanol–water partition coefficient (Wildman–Crippen LogP) is 3.38. The molecule has 1 N–H and O–H groups in total. The first-order chi connectivity index (χ1) is 10.1. The van der Waals surface area contributed by atoms with E-state index >= 15 is 0 Å². The third kappa shape index (κ3) is 2.77. The van der Waals surface area contributed by atoms with Gasteiger partial charge in [0.2, 0.25) is 5.91 Å². The van der Waals surface area contributed by atoms with Crippen molar-refractivity contribution in [2.24, 2.45) is 0 Å². The number of hydrogen-bond acceptors (Lipinski definition) is 2. The molecule has 1 heterocycles. The minimum absolute atomic E-state index is 0.125. The maximum Gasteiger partial charge on any atom is 0.249 e. The average Bonchev–Trinajstić information content (AvgIpc) is 2.92. The van der Waals surface area contributed by atoms with Gasteiger partial charge >= 0.3 is 0 Å². The van der Waals surface area contributed by atoms with Gasteiger partial charge in [0.25, 0.3) is 0 Å². The van der Waals surface area contributed by atoms with Gasteiger partial charge in [0.05, 0.1) is 0 Å². The summed E-state index contributed by atoms with van der Waals surface area (Å²) in [7, 11) is 0. The smallest absolute Gasteiger partial charge is 0.249 e. The second kappa shape index (κ2) is 5.60. The van der Waals surface area contributed by atoms with Crippen molar-refractivity contribution in [2.75, 3.05) is 16.8 Å². The van der Waals surface area contributed by atoms with Gasteiger partial charge in [-0.2, -0.15) is 0 Å². The van der Waals surface area contributed by atoms with E-state index < -0.39 is 0 Å². The molecule has 108 valence electrons. The van der Waals surface area contributed by atoms with Gasteiger partial charge in [-0.15, -0.1) is 0 Å². The average molecular weight is 280 g/mol. The first-order valence-electron chi connectivity index (χ1n) is 7.37. The zero-order chi connectivity index (χ0) is 14.8. The monoisotopic (exact) mass is 280 g/mol. The number of carbonyl (C=O) groups is 1. The van der Waals surface area contributed by atoms with E-state index in [9.17, 15) is 4.79 Å². The van der Waals surface area contributed by atoms with Gasteiger partial charge < -0.3 is 10.2 Å². The van der Waals surface area contributed by atoms with Crippen molar-refractivity contribution >= 4 is 17.3 Å². The van der Waals surface area contributed by atoms with Crippen LogP contribution in [0.1, 0.15) is 18.1 Å². The van der Waals surface area contributed by atoms with Crippen LogP contribution in [0.4, 0.5) is 11.4 Å². The fourth-order valence-electron chi connectivity index (χ4n) is 2.76. The Morgan fingerprint density at radius 2 is 1.86 bits per heavy atom. The highest BCUT2D eigenvalue weighted by Gasteiger charge is 2.27. The fraction of sp³-hybridized carbons (Fsp3) is 0.278. The van der Waals surface area contributed by atoms with Gasteiger partial charge in [0.1, 0.15) is 6.04 Å². The minimum Gasteiger partial charge on any atom is -0.374 e. The van der Waals surface area contributed by atoms with Crippen molar-refractivity contribution in [3.8, 4) is 0 Å². The van der Waals surface area contributed by atoms with Crippen molar-refractivity contribution in [3.63, 3.8) is 0 Å². The standard InChI is InChI=1S/C18H20N2O/c1-13-7-9-16(10-8-13)19-14(2)18(21)20-12-11-15-5-3-4-6-17(15)20/h3-10,14,19H,11-12H2,1-2H3/t14-/m1/s1. The van der Waals surface area contributed by atoms with Crippen molar-refractivity contribution in [3.05, 3.63) is 59.7 Å². The molecule has 21 heavy (non-hydrogen) atoms. The molecule has 3 rings (SSSR count). The third-order valence-corrected chi connectivity index (χ3v) is 3.96. The van der Waals surface area contributed by atoms with Gasteiger partial charge in [-0.25, -0.2) is 0 Å². The third-order valence-electron chi connectivity index (χ3n) is 3.96. The summed E-state index contributed by atoms with van der Waals surface area (Å²) in [4.78, 5) is 14.5. The van der Waals surface area contributed by atoms with E-state index in [1.807, 2.05) is 54.3 Å². The zero-order valence-electron chi connectivity index (χ0n) is 12.5. The molecule has 2 aromatic carbocycles. The summed E-state index contributed by atoms with van der Waals surface area (Å²) < 4.78 is 0. The van der Waals surface area contributed by atoms with Gasteiger partial charge in [0, 0.05) is 17.9 Å². The lowest BCUT2D eigenvalue weighted by atomic mass is 10.2. The molecule has 1 amide bonds. The number of carbonyl (C=O) groups excluding carboxylic acids is 1. The van der Waals surface area contributed by atoms with Crippen LogP contribution >= 0.6 is 0 Å². The van der Waals surface area contributed by atoms with Crippen molar-refractivity contribution in [1.82, 2.24) is 0 Å². The summed E-state index contributed by atoms with van der Waals surface area (Å²) in [5, 5.41) is 3.29. The number of para-hydroxylation sites is 1. The normalized spacial score (nSPS) is 14.7. The van der Waals surface area contributed by atoms with Gasteiger partial charge in [-0.1, -0.05) is 35.9 Å². The number of benzene rings is 2. The van der Waals surface area contributed by atoms with Crippen molar-refractivity contribution in [2.45, 2.75) is 26.3 Å². The zero-order valence-corrected chi connectivity index (χ0v) is 12.5. The lowest BCUT2D eigenvalue weighted by Crippen LogP contribution is -2.40. The summed E-state index contributed by atoms with van der Waals surface area (Å²) in [6, 6.07) is 16.0. The summed E-state index contributed by atoms with van der Waals surface area (Å²) in [6.45, 7) is 4.75. The number of anilines is 2. The van der Waals surface area contributed by atoms with Gasteiger partial charge in [-0.05, 0) is 44.0 Å². The van der Waals surface area contributed by atoms with Crippen LogP contribution in [0.3, 0.4) is 0 Å². The van der Waals surface area contributed by atoms with Crippen LogP contribution in [0.15, 0.2) is 48.5 Å². The molecule has 0 unspecified atom stereocenters. The molecule has 3 nitrogen and oxygen atoms in total. The lowest BCUT2D eigenvalue weighted by molar-refractivity contribution is -0.118. The lowest BCUT2D eigenvalue weighted by Gasteiger charge is -2.23. The van der Waals surface area contributed by atoms with Gasteiger partial charge in [0.15, 0.2) is 0 Å². The summed E-state index contributed by atoms with van der Waals surface area (Å²) in [5.41, 5.74) is 4.51. The molecule has 0 bridgehead atoms. The SMILES string of the molecule is Cc1ccc(N[C@H](C)C(=O)N2CCc3ccccc32)cc1. The second-order valence-electron chi connectivity index (χ2n) is 5.60. The van der Waals surface area contributed by atoms with Crippen LogP contribution in [0.25, 0.3) is 0 Å². The second-order valence-corrected chi connectivity index (χ2v) is 5.60. The highest BCUT2D eigenvalue weighted by Crippen LogP contribution is 2.28. The number of hydrogen-bond donors (Lipinski definition) is 1. The molecule has 1 aliphatic heterocycles. The van der Waals surface area contributed by atoms with E-state index in [4.69, 9.17) is 0 Å². The molecule has 1 atom stereocenters. The molecule has 0 spiro atoms. The molecule has 0 radical (unpaired) electrons. The van der Waals surface area contributed by atoms with Crippen LogP contribution in [0.2, 0.25) is 0 Å². The van der Waals surface area contributed by atoms with Crippen molar-refractivity contribution < 1.29 is 4.79 Å². The molecule has 1 aliphatic rings. The highest BCUT2D eigenvalue weighted by atomic mass is 16.2. The molecule has 3 heteroatoms. The van der Waals surface area contributed by atoms with Crippen LogP contribution in [-0.4, -0.2) is 18.5 Å². The van der Waals surface area contributed by atoms with E-state index in [0.717, 1.165) is 24.3 Å². The van der Waals surface area contributed by atoms with Crippen molar-refractivity contribution in [1.29, 1.82) is 0 Å². The Labute approximate surface area is 125 Å². The van der Waals surface area contributed by atoms with Crippen LogP contribution in [0, 0.1) is 6.92 Å². The Morgan fingerprint density at radius 3 is 2.62 bits per heavy atom. The first kappa shape index (κ1) is 13.7. The van der Waals surface area contributed by atoms with E-state index in [0.29, 0.717) is 0 Å². The Morgan fingerprint density at radius 1 is 1.14 bits per heavy atom. The maximum atomic E-state index is 12.6. The molecular weight excluding hydrogens is 260 g/mol.